The molecule has 35 heavy (non-hydrogen) atoms. The van der Waals surface area contributed by atoms with Crippen molar-refractivity contribution in [2.24, 2.45) is 0 Å². The number of benzene rings is 3. The van der Waals surface area contributed by atoms with Crippen LogP contribution < -0.4 is 0 Å². The van der Waals surface area contributed by atoms with Crippen LogP contribution in [0.3, 0.4) is 0 Å². The van der Waals surface area contributed by atoms with E-state index in [4.69, 9.17) is 14.4 Å². The van der Waals surface area contributed by atoms with E-state index in [9.17, 15) is 0 Å². The fourth-order valence-corrected chi connectivity index (χ4v) is 5.18. The zero-order valence-electron chi connectivity index (χ0n) is 20.2. The van der Waals surface area contributed by atoms with Crippen LogP contribution in [0.5, 0.6) is 0 Å². The molecule has 0 fully saturated rings. The first kappa shape index (κ1) is 21.3. The Balaban J connectivity index is 1.46. The summed E-state index contributed by atoms with van der Waals surface area (Å²) in [5, 5.41) is 1.02. The normalized spacial score (nSPS) is 11.4. The molecule has 0 spiro atoms. The molecule has 3 aromatic carbocycles. The van der Waals surface area contributed by atoms with E-state index in [1.165, 1.54) is 33.4 Å². The minimum Gasteiger partial charge on any atom is -0.454 e. The summed E-state index contributed by atoms with van der Waals surface area (Å²) >= 11 is 0. The minimum atomic E-state index is 0.794. The molecule has 6 aromatic rings. The number of hydrogen-bond acceptors (Lipinski definition) is 3. The highest BCUT2D eigenvalue weighted by atomic mass is 16.3. The first-order valence-electron chi connectivity index (χ1n) is 12.0. The molecule has 0 aliphatic heterocycles. The SMILES string of the molecule is Cc1cc(C)c(-c2ccnc(-c3cccc4c3oc3ccc(Cc5ccccc5)nc34)c2)c(C)c1. The van der Waals surface area contributed by atoms with Crippen LogP contribution in [0.2, 0.25) is 0 Å². The van der Waals surface area contributed by atoms with Crippen LogP contribution in [0.25, 0.3) is 44.5 Å². The largest absolute Gasteiger partial charge is 0.454 e. The summed E-state index contributed by atoms with van der Waals surface area (Å²) < 4.78 is 6.35. The van der Waals surface area contributed by atoms with E-state index in [0.29, 0.717) is 0 Å². The zero-order chi connectivity index (χ0) is 23.9. The van der Waals surface area contributed by atoms with Gasteiger partial charge in [-0.3, -0.25) is 4.98 Å². The molecule has 0 amide bonds. The quantitative estimate of drug-likeness (QED) is 0.269. The predicted molar refractivity (Wildman–Crippen MR) is 144 cm³/mol. The van der Waals surface area contributed by atoms with Gasteiger partial charge < -0.3 is 4.42 Å². The van der Waals surface area contributed by atoms with Gasteiger partial charge in [0.2, 0.25) is 0 Å². The maximum absolute atomic E-state index is 6.35. The molecule has 0 unspecified atom stereocenters. The minimum absolute atomic E-state index is 0.794. The van der Waals surface area contributed by atoms with Crippen molar-refractivity contribution >= 4 is 22.1 Å². The average molecular weight is 455 g/mol. The van der Waals surface area contributed by atoms with Crippen molar-refractivity contribution in [1.29, 1.82) is 0 Å². The molecular weight excluding hydrogens is 428 g/mol. The van der Waals surface area contributed by atoms with Crippen molar-refractivity contribution in [1.82, 2.24) is 9.97 Å². The molecule has 170 valence electrons. The van der Waals surface area contributed by atoms with Gasteiger partial charge in [0.25, 0.3) is 0 Å². The van der Waals surface area contributed by atoms with Crippen LogP contribution in [0, 0.1) is 20.8 Å². The number of hydrogen-bond donors (Lipinski definition) is 0. The topological polar surface area (TPSA) is 38.9 Å². The Bertz CT molecular complexity index is 1670. The first-order chi connectivity index (χ1) is 17.1. The van der Waals surface area contributed by atoms with Gasteiger partial charge in [-0.1, -0.05) is 54.1 Å². The molecule has 0 aliphatic rings. The number of fused-ring (bicyclic) bond motifs is 3. The number of pyridine rings is 2. The Morgan fingerprint density at radius 2 is 1.57 bits per heavy atom. The van der Waals surface area contributed by atoms with E-state index in [0.717, 1.165) is 45.4 Å². The maximum atomic E-state index is 6.35. The zero-order valence-corrected chi connectivity index (χ0v) is 20.2. The molecule has 0 bridgehead atoms. The Morgan fingerprint density at radius 3 is 2.37 bits per heavy atom. The number of furan rings is 1. The molecular formula is C32H26N2O. The fraction of sp³-hybridized carbons (Fsp3) is 0.125. The molecule has 0 saturated heterocycles. The van der Waals surface area contributed by atoms with Crippen molar-refractivity contribution in [3.63, 3.8) is 0 Å². The Hall–Kier alpha value is -4.24. The number of aryl methyl sites for hydroxylation is 3. The van der Waals surface area contributed by atoms with E-state index < -0.39 is 0 Å². The molecule has 3 heterocycles. The molecule has 0 saturated carbocycles. The Kier molecular flexibility index (Phi) is 5.18. The summed E-state index contributed by atoms with van der Waals surface area (Å²) in [7, 11) is 0. The molecule has 0 N–H and O–H groups in total. The third-order valence-electron chi connectivity index (χ3n) is 6.63. The van der Waals surface area contributed by atoms with E-state index in [1.807, 2.05) is 18.3 Å². The lowest BCUT2D eigenvalue weighted by molar-refractivity contribution is 0.668. The van der Waals surface area contributed by atoms with Crippen molar-refractivity contribution < 1.29 is 4.42 Å². The monoisotopic (exact) mass is 454 g/mol. The van der Waals surface area contributed by atoms with Crippen molar-refractivity contribution in [2.75, 3.05) is 0 Å². The van der Waals surface area contributed by atoms with E-state index in [-0.39, 0.29) is 0 Å². The standard InChI is InChI=1S/C32H26N2O/c1-20-16-21(2)30(22(3)17-20)24-14-15-33-28(19-24)26-10-7-11-27-31-29(35-32(26)27)13-12-25(34-31)18-23-8-5-4-6-9-23/h4-17,19H,18H2,1-3H3. The highest BCUT2D eigenvalue weighted by Crippen LogP contribution is 2.36. The molecule has 0 radical (unpaired) electrons. The summed E-state index contributed by atoms with van der Waals surface area (Å²) in [5.74, 6) is 0. The molecule has 6 rings (SSSR count). The lowest BCUT2D eigenvalue weighted by Gasteiger charge is -2.12. The summed E-state index contributed by atoms with van der Waals surface area (Å²) in [5.41, 5.74) is 12.9. The van der Waals surface area contributed by atoms with Gasteiger partial charge in [0.15, 0.2) is 5.58 Å². The van der Waals surface area contributed by atoms with Gasteiger partial charge in [0, 0.05) is 29.3 Å². The second kappa shape index (κ2) is 8.52. The maximum Gasteiger partial charge on any atom is 0.153 e. The first-order valence-corrected chi connectivity index (χ1v) is 12.0. The van der Waals surface area contributed by atoms with Crippen molar-refractivity contribution in [2.45, 2.75) is 27.2 Å². The Labute approximate surface area is 205 Å². The summed E-state index contributed by atoms with van der Waals surface area (Å²) in [4.78, 5) is 9.70. The Morgan fingerprint density at radius 1 is 0.771 bits per heavy atom. The predicted octanol–water partition coefficient (Wildman–Crippen LogP) is 8.23. The third kappa shape index (κ3) is 3.89. The molecule has 3 nitrogen and oxygen atoms in total. The highest BCUT2D eigenvalue weighted by Gasteiger charge is 2.16. The van der Waals surface area contributed by atoms with E-state index >= 15 is 0 Å². The van der Waals surface area contributed by atoms with Crippen LogP contribution in [0.15, 0.2) is 95.5 Å². The van der Waals surface area contributed by atoms with Gasteiger partial charge in [-0.15, -0.1) is 0 Å². The van der Waals surface area contributed by atoms with Crippen LogP contribution in [0.4, 0.5) is 0 Å². The second-order valence-electron chi connectivity index (χ2n) is 9.30. The molecule has 0 aliphatic carbocycles. The summed E-state index contributed by atoms with van der Waals surface area (Å²) in [6.07, 6.45) is 2.68. The van der Waals surface area contributed by atoms with Crippen LogP contribution in [-0.4, -0.2) is 9.97 Å². The average Bonchev–Trinajstić information content (AvgIpc) is 3.22. The van der Waals surface area contributed by atoms with Gasteiger partial charge in [-0.2, -0.15) is 0 Å². The number of nitrogens with zero attached hydrogens (tertiary/aromatic N) is 2. The lowest BCUT2D eigenvalue weighted by Crippen LogP contribution is -1.92. The van der Waals surface area contributed by atoms with Gasteiger partial charge in [-0.05, 0) is 85.0 Å². The number of rotatable bonds is 4. The van der Waals surface area contributed by atoms with E-state index in [1.54, 1.807) is 0 Å². The third-order valence-corrected chi connectivity index (χ3v) is 6.63. The molecule has 3 aromatic heterocycles. The van der Waals surface area contributed by atoms with Crippen molar-refractivity contribution in [3.8, 4) is 22.4 Å². The van der Waals surface area contributed by atoms with Gasteiger partial charge in [0.1, 0.15) is 11.1 Å². The summed E-state index contributed by atoms with van der Waals surface area (Å²) in [6.45, 7) is 6.49. The van der Waals surface area contributed by atoms with Gasteiger partial charge in [0.05, 0.1) is 5.69 Å². The number of aromatic nitrogens is 2. The lowest BCUT2D eigenvalue weighted by atomic mass is 9.93. The number of para-hydroxylation sites is 1. The van der Waals surface area contributed by atoms with Gasteiger partial charge >= 0.3 is 0 Å². The van der Waals surface area contributed by atoms with Crippen LogP contribution in [-0.2, 0) is 6.42 Å². The van der Waals surface area contributed by atoms with Gasteiger partial charge in [-0.25, -0.2) is 4.98 Å². The van der Waals surface area contributed by atoms with Crippen LogP contribution in [0.1, 0.15) is 27.9 Å². The smallest absolute Gasteiger partial charge is 0.153 e. The van der Waals surface area contributed by atoms with Crippen LogP contribution >= 0.6 is 0 Å². The molecule has 3 heteroatoms. The molecule has 0 atom stereocenters. The van der Waals surface area contributed by atoms with Crippen molar-refractivity contribution in [3.05, 3.63) is 119 Å². The second-order valence-corrected chi connectivity index (χ2v) is 9.30. The fourth-order valence-electron chi connectivity index (χ4n) is 5.18. The van der Waals surface area contributed by atoms with E-state index in [2.05, 4.69) is 93.6 Å². The highest BCUT2D eigenvalue weighted by molar-refractivity contribution is 6.07. The summed E-state index contributed by atoms with van der Waals surface area (Å²) in [6, 6.07) is 29.5.